The van der Waals surface area contributed by atoms with E-state index >= 15 is 0 Å². The van der Waals surface area contributed by atoms with Gasteiger partial charge in [0.15, 0.2) is 0 Å². The van der Waals surface area contributed by atoms with Crippen molar-refractivity contribution in [1.29, 1.82) is 0 Å². The number of hydrogen-bond acceptors (Lipinski definition) is 3. The van der Waals surface area contributed by atoms with E-state index in [1.165, 1.54) is 0 Å². The summed E-state index contributed by atoms with van der Waals surface area (Å²) in [5, 5.41) is 7.51. The van der Waals surface area contributed by atoms with Crippen LogP contribution in [0.4, 0.5) is 18.9 Å². The molecule has 0 spiro atoms. The lowest BCUT2D eigenvalue weighted by Crippen LogP contribution is -2.28. The first kappa shape index (κ1) is 20.3. The van der Waals surface area contributed by atoms with E-state index < -0.39 is 11.7 Å². The van der Waals surface area contributed by atoms with Crippen LogP contribution in [-0.2, 0) is 13.2 Å². The van der Waals surface area contributed by atoms with Gasteiger partial charge in [-0.2, -0.15) is 18.3 Å². The lowest BCUT2D eigenvalue weighted by atomic mass is 9.81. The number of hydrogen-bond donors (Lipinski definition) is 2. The van der Waals surface area contributed by atoms with Crippen molar-refractivity contribution >= 4 is 5.69 Å². The zero-order chi connectivity index (χ0) is 21.3. The molecule has 1 fully saturated rings. The minimum absolute atomic E-state index is 0.154. The van der Waals surface area contributed by atoms with E-state index in [1.54, 1.807) is 29.2 Å². The molecule has 1 saturated carbocycles. The van der Waals surface area contributed by atoms with Crippen LogP contribution >= 0.6 is 0 Å². The van der Waals surface area contributed by atoms with Crippen molar-refractivity contribution in [3.63, 3.8) is 0 Å². The molecule has 5 nitrogen and oxygen atoms in total. The van der Waals surface area contributed by atoms with Gasteiger partial charge in [0.1, 0.15) is 5.69 Å². The van der Waals surface area contributed by atoms with Gasteiger partial charge < -0.3 is 10.3 Å². The van der Waals surface area contributed by atoms with Crippen LogP contribution in [0.1, 0.15) is 42.7 Å². The number of aryl methyl sites for hydroxylation is 1. The predicted molar refractivity (Wildman–Crippen MR) is 109 cm³/mol. The van der Waals surface area contributed by atoms with E-state index in [-0.39, 0.29) is 17.5 Å². The molecule has 1 aromatic carbocycles. The maximum atomic E-state index is 12.7. The van der Waals surface area contributed by atoms with Crippen LogP contribution in [0.15, 0.2) is 53.7 Å². The molecule has 3 aromatic rings. The van der Waals surface area contributed by atoms with Crippen molar-refractivity contribution in [1.82, 2.24) is 14.8 Å². The second kappa shape index (κ2) is 8.01. The van der Waals surface area contributed by atoms with Crippen LogP contribution in [0.5, 0.6) is 0 Å². The Morgan fingerprint density at radius 3 is 2.40 bits per heavy atom. The van der Waals surface area contributed by atoms with Crippen molar-refractivity contribution in [2.45, 2.75) is 43.8 Å². The second-order valence-corrected chi connectivity index (χ2v) is 7.85. The number of alkyl halides is 3. The molecule has 1 aliphatic carbocycles. The minimum Gasteiger partial charge on any atom is -0.378 e. The number of halogens is 3. The molecule has 30 heavy (non-hydrogen) atoms. The summed E-state index contributed by atoms with van der Waals surface area (Å²) in [6.07, 6.45) is 4.42. The molecule has 4 rings (SSSR count). The van der Waals surface area contributed by atoms with E-state index in [0.717, 1.165) is 54.5 Å². The third-order valence-corrected chi connectivity index (χ3v) is 5.74. The zero-order valence-corrected chi connectivity index (χ0v) is 16.5. The van der Waals surface area contributed by atoms with Gasteiger partial charge in [0.25, 0.3) is 5.56 Å². The Bertz CT molecular complexity index is 1060. The fourth-order valence-corrected chi connectivity index (χ4v) is 4.06. The van der Waals surface area contributed by atoms with E-state index in [0.29, 0.717) is 5.69 Å². The van der Waals surface area contributed by atoms with Crippen LogP contribution in [0.3, 0.4) is 0 Å². The maximum Gasteiger partial charge on any atom is 0.416 e. The van der Waals surface area contributed by atoms with Crippen LogP contribution in [0, 0.1) is 0 Å². The molecule has 0 saturated heterocycles. The summed E-state index contributed by atoms with van der Waals surface area (Å²) in [4.78, 5) is 15.0. The highest BCUT2D eigenvalue weighted by atomic mass is 19.4. The molecule has 2 N–H and O–H groups in total. The van der Waals surface area contributed by atoms with E-state index in [4.69, 9.17) is 0 Å². The van der Waals surface area contributed by atoms with Gasteiger partial charge in [-0.05, 0) is 55.4 Å². The molecule has 0 radical (unpaired) electrons. The van der Waals surface area contributed by atoms with Crippen molar-refractivity contribution in [2.75, 3.05) is 5.32 Å². The Morgan fingerprint density at radius 2 is 1.80 bits per heavy atom. The first-order valence-electron chi connectivity index (χ1n) is 9.95. The fraction of sp³-hybridized carbons (Fsp3) is 0.364. The average Bonchev–Trinajstić information content (AvgIpc) is 3.16. The predicted octanol–water partition coefficient (Wildman–Crippen LogP) is 4.93. The molecule has 0 atom stereocenters. The third kappa shape index (κ3) is 4.42. The molecule has 1 aliphatic rings. The fourth-order valence-electron chi connectivity index (χ4n) is 4.06. The second-order valence-electron chi connectivity index (χ2n) is 7.85. The lowest BCUT2D eigenvalue weighted by Gasteiger charge is -2.30. The summed E-state index contributed by atoms with van der Waals surface area (Å²) in [5.41, 5.74) is 2.47. The van der Waals surface area contributed by atoms with Gasteiger partial charge >= 0.3 is 6.18 Å². The van der Waals surface area contributed by atoms with E-state index in [1.807, 2.05) is 19.3 Å². The number of aromatic amines is 1. The average molecular weight is 416 g/mol. The Morgan fingerprint density at radius 1 is 1.10 bits per heavy atom. The highest BCUT2D eigenvalue weighted by Crippen LogP contribution is 2.36. The molecule has 0 aliphatic heterocycles. The maximum absolute atomic E-state index is 12.7. The smallest absolute Gasteiger partial charge is 0.378 e. The van der Waals surface area contributed by atoms with Crippen LogP contribution in [0.25, 0.3) is 11.1 Å². The lowest BCUT2D eigenvalue weighted by molar-refractivity contribution is -0.137. The van der Waals surface area contributed by atoms with Crippen molar-refractivity contribution in [3.05, 3.63) is 70.4 Å². The quantitative estimate of drug-likeness (QED) is 0.634. The molecular formula is C22H23F3N4O. The molecular weight excluding hydrogens is 393 g/mol. The van der Waals surface area contributed by atoms with Crippen LogP contribution < -0.4 is 10.9 Å². The Balaban J connectivity index is 1.40. The van der Waals surface area contributed by atoms with Crippen LogP contribution in [0.2, 0.25) is 0 Å². The summed E-state index contributed by atoms with van der Waals surface area (Å²) in [6.45, 7) is 0. The van der Waals surface area contributed by atoms with E-state index in [2.05, 4.69) is 15.4 Å². The van der Waals surface area contributed by atoms with E-state index in [9.17, 15) is 18.0 Å². The van der Waals surface area contributed by atoms with Gasteiger partial charge in [-0.25, -0.2) is 0 Å². The third-order valence-electron chi connectivity index (χ3n) is 5.74. The molecule has 8 heteroatoms. The number of anilines is 1. The van der Waals surface area contributed by atoms with Crippen LogP contribution in [-0.4, -0.2) is 20.8 Å². The van der Waals surface area contributed by atoms with Gasteiger partial charge in [0.2, 0.25) is 0 Å². The number of pyridine rings is 1. The normalized spacial score (nSPS) is 19.6. The standard InChI is InChI=1S/C22H23F3N4O/c1-29-13-17(12-27-29)16-10-20(21(30)26-11-16)28-19-8-4-15(5-9-19)14-2-6-18(7-3-14)22(23,24)25/h2-3,6-7,10-13,15,19,28H,4-5,8-9H2,1H3,(H,26,30). The highest BCUT2D eigenvalue weighted by Gasteiger charge is 2.30. The molecule has 0 bridgehead atoms. The monoisotopic (exact) mass is 416 g/mol. The van der Waals surface area contributed by atoms with Crippen molar-refractivity contribution in [3.8, 4) is 11.1 Å². The number of nitrogens with zero attached hydrogens (tertiary/aromatic N) is 2. The molecule has 2 heterocycles. The zero-order valence-electron chi connectivity index (χ0n) is 16.5. The van der Waals surface area contributed by atoms with Gasteiger partial charge in [0.05, 0.1) is 11.8 Å². The highest BCUT2D eigenvalue weighted by molar-refractivity contribution is 5.65. The summed E-state index contributed by atoms with van der Waals surface area (Å²) < 4.78 is 40.0. The molecule has 158 valence electrons. The summed E-state index contributed by atoms with van der Waals surface area (Å²) in [6, 6.07) is 7.47. The van der Waals surface area contributed by atoms with Crippen molar-refractivity contribution < 1.29 is 13.2 Å². The number of rotatable bonds is 4. The topological polar surface area (TPSA) is 62.7 Å². The van der Waals surface area contributed by atoms with Gasteiger partial charge in [-0.3, -0.25) is 9.48 Å². The SMILES string of the molecule is Cn1cc(-c2c[nH]c(=O)c(NC3CCC(c4ccc(C(F)(F)F)cc4)CC3)c2)cn1. The summed E-state index contributed by atoms with van der Waals surface area (Å²) in [5.74, 6) is 0.241. The first-order valence-corrected chi connectivity index (χ1v) is 9.95. The molecule has 0 unspecified atom stereocenters. The summed E-state index contributed by atoms with van der Waals surface area (Å²) in [7, 11) is 1.84. The van der Waals surface area contributed by atoms with Gasteiger partial charge in [-0.15, -0.1) is 0 Å². The minimum atomic E-state index is -4.31. The number of aromatic nitrogens is 3. The number of nitrogens with one attached hydrogen (secondary N) is 2. The largest absolute Gasteiger partial charge is 0.416 e. The number of H-pyrrole nitrogens is 1. The Labute approximate surface area is 171 Å². The number of benzene rings is 1. The van der Waals surface area contributed by atoms with Crippen molar-refractivity contribution in [2.24, 2.45) is 7.05 Å². The molecule has 0 amide bonds. The summed E-state index contributed by atoms with van der Waals surface area (Å²) >= 11 is 0. The Hall–Kier alpha value is -3.03. The van der Waals surface area contributed by atoms with Gasteiger partial charge in [0, 0.05) is 36.6 Å². The molecule has 2 aromatic heterocycles. The first-order chi connectivity index (χ1) is 14.3. The Kier molecular flexibility index (Phi) is 5.40. The van der Waals surface area contributed by atoms with Gasteiger partial charge in [-0.1, -0.05) is 12.1 Å².